The lowest BCUT2D eigenvalue weighted by atomic mass is 10.1. The van der Waals surface area contributed by atoms with Crippen molar-refractivity contribution >= 4 is 35.5 Å². The van der Waals surface area contributed by atoms with Crippen molar-refractivity contribution in [1.82, 2.24) is 0 Å². The molecule has 226 valence electrons. The number of carbonyl (C=O) groups is 2. The Hall–Kier alpha value is -4.34. The predicted octanol–water partition coefficient (Wildman–Crippen LogP) is 6.89. The predicted molar refractivity (Wildman–Crippen MR) is 177 cm³/mol. The zero-order valence-corrected chi connectivity index (χ0v) is 26.3. The number of rotatable bonds is 14. The first-order valence-corrected chi connectivity index (χ1v) is 15.9. The van der Waals surface area contributed by atoms with Gasteiger partial charge in [-0.3, -0.25) is 0 Å². The number of carboxylic acid groups (broad SMARTS) is 2. The van der Waals surface area contributed by atoms with E-state index < -0.39 is 18.0 Å². The fourth-order valence-electron chi connectivity index (χ4n) is 3.80. The summed E-state index contributed by atoms with van der Waals surface area (Å²) in [6.07, 6.45) is 7.22. The lowest BCUT2D eigenvalue weighted by Gasteiger charge is -2.12. The van der Waals surface area contributed by atoms with Gasteiger partial charge in [0.1, 0.15) is 5.75 Å². The summed E-state index contributed by atoms with van der Waals surface area (Å²) in [5.41, 5.74) is 3.61. The normalized spacial score (nSPS) is 11.4. The summed E-state index contributed by atoms with van der Waals surface area (Å²) in [4.78, 5) is 24.1. The summed E-state index contributed by atoms with van der Waals surface area (Å²) in [5.74, 6) is 12.6. The van der Waals surface area contributed by atoms with Crippen LogP contribution in [0, 0.1) is 30.6 Å². The maximum absolute atomic E-state index is 11.3. The third-order valence-electron chi connectivity index (χ3n) is 5.88. The van der Waals surface area contributed by atoms with Crippen molar-refractivity contribution in [2.45, 2.75) is 36.2 Å². The Labute approximate surface area is 267 Å². The highest BCUT2D eigenvalue weighted by molar-refractivity contribution is 7.99. The second kappa shape index (κ2) is 19.0. The molecule has 0 aliphatic heterocycles. The van der Waals surface area contributed by atoms with Crippen molar-refractivity contribution in [1.29, 1.82) is 0 Å². The maximum Gasteiger partial charge on any atom is 0.341 e. The minimum absolute atomic E-state index is 0.346. The molecule has 0 aliphatic carbocycles. The van der Waals surface area contributed by atoms with E-state index >= 15 is 0 Å². The van der Waals surface area contributed by atoms with Crippen LogP contribution in [0.5, 0.6) is 5.75 Å². The Morgan fingerprint density at radius 1 is 0.864 bits per heavy atom. The summed E-state index contributed by atoms with van der Waals surface area (Å²) in [6, 6.07) is 21.4. The quantitative estimate of drug-likeness (QED) is 0.148. The second-order valence-corrected chi connectivity index (χ2v) is 11.5. The largest absolute Gasteiger partial charge is 0.482 e. The van der Waals surface area contributed by atoms with Gasteiger partial charge in [-0.15, -0.1) is 23.5 Å². The molecule has 1 atom stereocenters. The molecule has 0 aromatic heterocycles. The van der Waals surface area contributed by atoms with Crippen molar-refractivity contribution in [3.63, 3.8) is 0 Å². The fourth-order valence-corrected chi connectivity index (χ4v) is 5.32. The minimum Gasteiger partial charge on any atom is -0.482 e. The van der Waals surface area contributed by atoms with Gasteiger partial charge in [0.2, 0.25) is 0 Å². The molecule has 8 heteroatoms. The van der Waals surface area contributed by atoms with Crippen molar-refractivity contribution in [3.8, 4) is 29.4 Å². The van der Waals surface area contributed by atoms with Crippen LogP contribution in [0.2, 0.25) is 0 Å². The zero-order chi connectivity index (χ0) is 31.6. The lowest BCUT2D eigenvalue weighted by Crippen LogP contribution is -2.26. The highest BCUT2D eigenvalue weighted by Gasteiger charge is 2.17. The van der Waals surface area contributed by atoms with Gasteiger partial charge in [-0.25, -0.2) is 9.59 Å². The molecule has 0 spiro atoms. The van der Waals surface area contributed by atoms with E-state index in [0.29, 0.717) is 18.8 Å². The number of hydrogen-bond donors (Lipinski definition) is 2. The van der Waals surface area contributed by atoms with Crippen LogP contribution in [0.1, 0.15) is 29.2 Å². The van der Waals surface area contributed by atoms with Crippen LogP contribution in [0.15, 0.2) is 101 Å². The zero-order valence-electron chi connectivity index (χ0n) is 24.6. The molecule has 0 saturated carbocycles. The van der Waals surface area contributed by atoms with Crippen LogP contribution in [-0.2, 0) is 20.7 Å². The topological polar surface area (TPSA) is 93.1 Å². The number of ether oxygens (including phenoxy) is 2. The first-order valence-electron chi connectivity index (χ1n) is 13.9. The van der Waals surface area contributed by atoms with Gasteiger partial charge in [-0.1, -0.05) is 54.0 Å². The Morgan fingerprint density at radius 3 is 2.05 bits per heavy atom. The van der Waals surface area contributed by atoms with Crippen molar-refractivity contribution in [3.05, 3.63) is 113 Å². The molecule has 2 N–H and O–H groups in total. The SMILES string of the molecule is CCOC(Cc1ccc(SCC=CC#Cc2cccc(C#CC=CCSc3ccc(OCC(=O)O)c(C)c3)c2)cc1)C(=O)O. The van der Waals surface area contributed by atoms with E-state index in [1.165, 1.54) is 0 Å². The van der Waals surface area contributed by atoms with Gasteiger partial charge in [0.25, 0.3) is 0 Å². The summed E-state index contributed by atoms with van der Waals surface area (Å²) >= 11 is 3.34. The molecular weight excluding hydrogens is 593 g/mol. The number of aryl methyl sites for hydroxylation is 1. The first kappa shape index (κ1) is 34.2. The molecule has 44 heavy (non-hydrogen) atoms. The molecule has 0 aliphatic rings. The minimum atomic E-state index is -0.998. The van der Waals surface area contributed by atoms with Gasteiger partial charge in [0.05, 0.1) is 0 Å². The lowest BCUT2D eigenvalue weighted by molar-refractivity contribution is -0.150. The molecule has 0 bridgehead atoms. The Bertz CT molecular complexity index is 1590. The van der Waals surface area contributed by atoms with E-state index in [1.54, 1.807) is 36.5 Å². The van der Waals surface area contributed by atoms with Crippen LogP contribution in [0.3, 0.4) is 0 Å². The summed E-state index contributed by atoms with van der Waals surface area (Å²) in [7, 11) is 0. The van der Waals surface area contributed by atoms with E-state index in [2.05, 4.69) is 23.7 Å². The second-order valence-electron chi connectivity index (χ2n) is 9.29. The summed E-state index contributed by atoms with van der Waals surface area (Å²) < 4.78 is 10.6. The Balaban J connectivity index is 1.41. The third-order valence-corrected chi connectivity index (χ3v) is 7.79. The first-order chi connectivity index (χ1) is 21.3. The van der Waals surface area contributed by atoms with E-state index in [0.717, 1.165) is 43.6 Å². The molecule has 0 heterocycles. The molecule has 1 unspecified atom stereocenters. The molecule has 0 radical (unpaired) electrons. The summed E-state index contributed by atoms with van der Waals surface area (Å²) in [5, 5.41) is 18.0. The number of allylic oxidation sites excluding steroid dienone is 2. The van der Waals surface area contributed by atoms with Gasteiger partial charge in [0, 0.05) is 45.5 Å². The Kier molecular flexibility index (Phi) is 14.8. The number of thioether (sulfide) groups is 2. The standard InChI is InChI=1S/C36H34O6S2/c1-3-41-34(36(39)40)25-30-15-17-31(18-16-30)43-21-8-4-6-11-28-13-10-14-29(24-28)12-7-5-9-22-44-32-19-20-33(27(2)23-32)42-26-35(37)38/h4-5,8-10,13-20,23-24,34H,3,21-22,25-26H2,1-2H3,(H,37,38)(H,39,40). The maximum atomic E-state index is 11.3. The van der Waals surface area contributed by atoms with E-state index in [1.807, 2.05) is 91.9 Å². The molecule has 0 saturated heterocycles. The van der Waals surface area contributed by atoms with Crippen LogP contribution in [0.25, 0.3) is 0 Å². The third kappa shape index (κ3) is 12.9. The van der Waals surface area contributed by atoms with E-state index in [4.69, 9.17) is 14.6 Å². The number of carboxylic acids is 2. The average molecular weight is 627 g/mol. The molecule has 3 aromatic carbocycles. The number of hydrogen-bond acceptors (Lipinski definition) is 6. The number of aliphatic carboxylic acids is 2. The molecule has 0 fully saturated rings. The van der Waals surface area contributed by atoms with Gasteiger partial charge in [-0.05, 0) is 85.7 Å². The summed E-state index contributed by atoms with van der Waals surface area (Å²) in [6.45, 7) is 3.70. The molecule has 3 aromatic rings. The smallest absolute Gasteiger partial charge is 0.341 e. The molecule has 6 nitrogen and oxygen atoms in total. The van der Waals surface area contributed by atoms with E-state index in [9.17, 15) is 14.7 Å². The highest BCUT2D eigenvalue weighted by Crippen LogP contribution is 2.25. The fraction of sp³-hybridized carbons (Fsp3) is 0.222. The molecule has 0 amide bonds. The van der Waals surface area contributed by atoms with Gasteiger partial charge in [-0.2, -0.15) is 0 Å². The van der Waals surface area contributed by atoms with Crippen molar-refractivity contribution in [2.24, 2.45) is 0 Å². The molecular formula is C36H34O6S2. The monoisotopic (exact) mass is 626 g/mol. The molecule has 3 rings (SSSR count). The van der Waals surface area contributed by atoms with E-state index in [-0.39, 0.29) is 6.61 Å². The van der Waals surface area contributed by atoms with Crippen molar-refractivity contribution in [2.75, 3.05) is 24.7 Å². The average Bonchev–Trinajstić information content (AvgIpc) is 3.00. The van der Waals surface area contributed by atoms with Crippen LogP contribution in [-0.4, -0.2) is 53.0 Å². The highest BCUT2D eigenvalue weighted by atomic mass is 32.2. The van der Waals surface area contributed by atoms with Crippen molar-refractivity contribution < 1.29 is 29.3 Å². The van der Waals surface area contributed by atoms with Gasteiger partial charge >= 0.3 is 11.9 Å². The van der Waals surface area contributed by atoms with Crippen LogP contribution >= 0.6 is 23.5 Å². The van der Waals surface area contributed by atoms with Gasteiger partial charge < -0.3 is 19.7 Å². The van der Waals surface area contributed by atoms with Crippen LogP contribution < -0.4 is 4.74 Å². The Morgan fingerprint density at radius 2 is 1.48 bits per heavy atom. The van der Waals surface area contributed by atoms with Crippen LogP contribution in [0.4, 0.5) is 0 Å². The number of benzene rings is 3. The van der Waals surface area contributed by atoms with Gasteiger partial charge in [0.15, 0.2) is 12.7 Å².